The molecule has 2 unspecified atom stereocenters. The molecular weight excluding hydrogens is 290 g/mol. The van der Waals surface area contributed by atoms with Crippen molar-refractivity contribution in [3.8, 4) is 11.5 Å². The molecular formula is C19H27NO3. The Bertz CT molecular complexity index is 558. The molecule has 1 fully saturated rings. The zero-order valence-corrected chi connectivity index (χ0v) is 14.5. The van der Waals surface area contributed by atoms with Crippen LogP contribution in [0.2, 0.25) is 0 Å². The van der Waals surface area contributed by atoms with Crippen LogP contribution in [-0.4, -0.2) is 36.6 Å². The summed E-state index contributed by atoms with van der Waals surface area (Å²) in [6, 6.07) is 6.31. The predicted molar refractivity (Wildman–Crippen MR) is 92.8 cm³/mol. The van der Waals surface area contributed by atoms with E-state index in [0.717, 1.165) is 18.4 Å². The van der Waals surface area contributed by atoms with Crippen molar-refractivity contribution in [3.05, 3.63) is 29.8 Å². The maximum atomic E-state index is 12.5. The number of nitrogens with zero attached hydrogens (tertiary/aromatic N) is 1. The highest BCUT2D eigenvalue weighted by molar-refractivity contribution is 5.92. The molecule has 126 valence electrons. The minimum atomic E-state index is 0.0819. The molecule has 0 aliphatic carbocycles. The number of piperidine rings is 1. The first-order valence-electron chi connectivity index (χ1n) is 8.38. The lowest BCUT2D eigenvalue weighted by atomic mass is 9.97. The van der Waals surface area contributed by atoms with Crippen LogP contribution < -0.4 is 9.47 Å². The van der Waals surface area contributed by atoms with Crippen LogP contribution in [0.4, 0.5) is 0 Å². The first-order valence-corrected chi connectivity index (χ1v) is 8.38. The molecule has 0 N–H and O–H groups in total. The predicted octanol–water partition coefficient (Wildman–Crippen LogP) is 3.90. The number of ether oxygens (including phenoxy) is 2. The van der Waals surface area contributed by atoms with E-state index in [1.807, 2.05) is 36.1 Å². The number of likely N-dealkylation sites (tertiary alicyclic amines) is 1. The molecule has 1 aromatic rings. The summed E-state index contributed by atoms with van der Waals surface area (Å²) in [5.74, 6) is 1.48. The molecule has 1 aliphatic rings. The second-order valence-electron chi connectivity index (χ2n) is 6.05. The molecule has 0 spiro atoms. The maximum absolute atomic E-state index is 12.5. The molecule has 23 heavy (non-hydrogen) atoms. The Labute approximate surface area is 139 Å². The van der Waals surface area contributed by atoms with Gasteiger partial charge in [-0.1, -0.05) is 6.07 Å². The van der Waals surface area contributed by atoms with E-state index >= 15 is 0 Å². The molecule has 0 saturated carbocycles. The van der Waals surface area contributed by atoms with Gasteiger partial charge in [0.1, 0.15) is 0 Å². The van der Waals surface area contributed by atoms with E-state index in [1.165, 1.54) is 6.42 Å². The van der Waals surface area contributed by atoms with Gasteiger partial charge in [-0.2, -0.15) is 0 Å². The monoisotopic (exact) mass is 317 g/mol. The molecule has 0 radical (unpaired) electrons. The third kappa shape index (κ3) is 4.27. The topological polar surface area (TPSA) is 38.8 Å². The van der Waals surface area contributed by atoms with Gasteiger partial charge in [-0.25, -0.2) is 0 Å². The van der Waals surface area contributed by atoms with Crippen LogP contribution in [0.15, 0.2) is 24.3 Å². The Morgan fingerprint density at radius 2 is 1.96 bits per heavy atom. The van der Waals surface area contributed by atoms with Gasteiger partial charge in [-0.05, 0) is 63.8 Å². The number of methoxy groups -OCH3 is 1. The Morgan fingerprint density at radius 1 is 1.26 bits per heavy atom. The molecule has 4 nitrogen and oxygen atoms in total. The van der Waals surface area contributed by atoms with Crippen LogP contribution in [0.3, 0.4) is 0 Å². The molecule has 1 amide bonds. The lowest BCUT2D eigenvalue weighted by Gasteiger charge is -2.38. The van der Waals surface area contributed by atoms with Crippen molar-refractivity contribution in [1.29, 1.82) is 0 Å². The summed E-state index contributed by atoms with van der Waals surface area (Å²) in [5.41, 5.74) is 0.930. The van der Waals surface area contributed by atoms with Gasteiger partial charge in [0.15, 0.2) is 11.5 Å². The second-order valence-corrected chi connectivity index (χ2v) is 6.05. The number of rotatable bonds is 5. The summed E-state index contributed by atoms with van der Waals surface area (Å²) in [6.07, 6.45) is 6.88. The van der Waals surface area contributed by atoms with Crippen LogP contribution in [0.1, 0.15) is 45.6 Å². The zero-order chi connectivity index (χ0) is 16.8. The number of carbonyl (C=O) groups excluding carboxylic acids is 1. The Balaban J connectivity index is 2.12. The largest absolute Gasteiger partial charge is 0.493 e. The molecule has 2 rings (SSSR count). The SMILES string of the molecule is CCOc1cc(/C=C/C(=O)N2C(C)CCCC2C)ccc1OC. The van der Waals surface area contributed by atoms with E-state index in [1.54, 1.807) is 13.2 Å². The highest BCUT2D eigenvalue weighted by Gasteiger charge is 2.27. The van der Waals surface area contributed by atoms with Crippen molar-refractivity contribution < 1.29 is 14.3 Å². The van der Waals surface area contributed by atoms with Crippen LogP contribution in [-0.2, 0) is 4.79 Å². The van der Waals surface area contributed by atoms with E-state index in [9.17, 15) is 4.79 Å². The van der Waals surface area contributed by atoms with Crippen LogP contribution in [0, 0.1) is 0 Å². The first-order chi connectivity index (χ1) is 11.1. The molecule has 1 aromatic carbocycles. The standard InChI is InChI=1S/C19H27NO3/c1-5-23-18-13-16(9-11-17(18)22-4)10-12-19(21)20-14(2)7-6-8-15(20)3/h9-15H,5-8H2,1-4H3/b12-10+. The summed E-state index contributed by atoms with van der Waals surface area (Å²) >= 11 is 0. The van der Waals surface area contributed by atoms with Crippen molar-refractivity contribution in [2.75, 3.05) is 13.7 Å². The number of hydrogen-bond donors (Lipinski definition) is 0. The molecule has 1 heterocycles. The average Bonchev–Trinajstić information content (AvgIpc) is 2.53. The first kappa shape index (κ1) is 17.4. The van der Waals surface area contributed by atoms with Crippen molar-refractivity contribution in [2.24, 2.45) is 0 Å². The van der Waals surface area contributed by atoms with E-state index < -0.39 is 0 Å². The van der Waals surface area contributed by atoms with E-state index in [0.29, 0.717) is 30.2 Å². The molecule has 1 aliphatic heterocycles. The maximum Gasteiger partial charge on any atom is 0.247 e. The molecule has 1 saturated heterocycles. The van der Waals surface area contributed by atoms with Gasteiger partial charge in [-0.3, -0.25) is 4.79 Å². The average molecular weight is 317 g/mol. The molecule has 2 atom stereocenters. The van der Waals surface area contributed by atoms with Crippen LogP contribution >= 0.6 is 0 Å². The Kier molecular flexibility index (Phi) is 6.08. The third-order valence-corrected chi connectivity index (χ3v) is 4.35. The van der Waals surface area contributed by atoms with Gasteiger partial charge in [0.05, 0.1) is 13.7 Å². The van der Waals surface area contributed by atoms with E-state index in [-0.39, 0.29) is 5.91 Å². The fourth-order valence-electron chi connectivity index (χ4n) is 3.17. The third-order valence-electron chi connectivity index (χ3n) is 4.35. The minimum absolute atomic E-state index is 0.0819. The smallest absolute Gasteiger partial charge is 0.247 e. The van der Waals surface area contributed by atoms with E-state index in [4.69, 9.17) is 9.47 Å². The number of hydrogen-bond acceptors (Lipinski definition) is 3. The van der Waals surface area contributed by atoms with Crippen molar-refractivity contribution >= 4 is 12.0 Å². The van der Waals surface area contributed by atoms with E-state index in [2.05, 4.69) is 13.8 Å². The summed E-state index contributed by atoms with van der Waals surface area (Å²) in [4.78, 5) is 14.5. The van der Waals surface area contributed by atoms with Gasteiger partial charge in [-0.15, -0.1) is 0 Å². The fraction of sp³-hybridized carbons (Fsp3) is 0.526. The van der Waals surface area contributed by atoms with Crippen molar-refractivity contribution in [3.63, 3.8) is 0 Å². The van der Waals surface area contributed by atoms with Gasteiger partial charge in [0.25, 0.3) is 0 Å². The summed E-state index contributed by atoms with van der Waals surface area (Å²) in [7, 11) is 1.62. The van der Waals surface area contributed by atoms with Gasteiger partial charge < -0.3 is 14.4 Å². The van der Waals surface area contributed by atoms with Crippen molar-refractivity contribution in [1.82, 2.24) is 4.90 Å². The normalized spacial score (nSPS) is 21.5. The minimum Gasteiger partial charge on any atom is -0.493 e. The second kappa shape index (κ2) is 8.04. The lowest BCUT2D eigenvalue weighted by Crippen LogP contribution is -2.46. The zero-order valence-electron chi connectivity index (χ0n) is 14.5. The summed E-state index contributed by atoms with van der Waals surface area (Å²) < 4.78 is 10.8. The Morgan fingerprint density at radius 3 is 2.57 bits per heavy atom. The molecule has 4 heteroatoms. The fourth-order valence-corrected chi connectivity index (χ4v) is 3.17. The van der Waals surface area contributed by atoms with Crippen molar-refractivity contribution in [2.45, 2.75) is 52.1 Å². The summed E-state index contributed by atoms with van der Waals surface area (Å²) in [6.45, 7) is 6.76. The molecule has 0 aromatic heterocycles. The highest BCUT2D eigenvalue weighted by atomic mass is 16.5. The molecule has 0 bridgehead atoms. The number of carbonyl (C=O) groups is 1. The number of benzene rings is 1. The van der Waals surface area contributed by atoms with Crippen LogP contribution in [0.25, 0.3) is 6.08 Å². The van der Waals surface area contributed by atoms with Gasteiger partial charge in [0, 0.05) is 18.2 Å². The highest BCUT2D eigenvalue weighted by Crippen LogP contribution is 2.29. The lowest BCUT2D eigenvalue weighted by molar-refractivity contribution is -0.131. The van der Waals surface area contributed by atoms with Gasteiger partial charge >= 0.3 is 0 Å². The quantitative estimate of drug-likeness (QED) is 0.773. The number of amides is 1. The Hall–Kier alpha value is -1.97. The summed E-state index contributed by atoms with van der Waals surface area (Å²) in [5, 5.41) is 0. The van der Waals surface area contributed by atoms with Gasteiger partial charge in [0.2, 0.25) is 5.91 Å². The van der Waals surface area contributed by atoms with Crippen LogP contribution in [0.5, 0.6) is 11.5 Å².